The first-order valence-corrected chi connectivity index (χ1v) is 11.8. The Labute approximate surface area is 142 Å². The summed E-state index contributed by atoms with van der Waals surface area (Å²) in [7, 11) is 0.135. The molecular weight excluding hydrogens is 306 g/mol. The van der Waals surface area contributed by atoms with Crippen LogP contribution in [0.2, 0.25) is 19.6 Å². The molecule has 0 aliphatic heterocycles. The van der Waals surface area contributed by atoms with Crippen molar-refractivity contribution >= 4 is 8.32 Å². The van der Waals surface area contributed by atoms with E-state index in [1.807, 2.05) is 12.1 Å². The Hall–Kier alpha value is -0.883. The highest BCUT2D eigenvalue weighted by Gasteiger charge is 2.21. The van der Waals surface area contributed by atoms with Crippen LogP contribution in [-0.2, 0) is 15.6 Å². The lowest BCUT2D eigenvalue weighted by atomic mass is 10.1. The Morgan fingerprint density at radius 2 is 1.74 bits per heavy atom. The van der Waals surface area contributed by atoms with E-state index in [4.69, 9.17) is 13.9 Å². The van der Waals surface area contributed by atoms with Crippen molar-refractivity contribution in [1.82, 2.24) is 5.32 Å². The molecule has 132 valence electrons. The summed E-state index contributed by atoms with van der Waals surface area (Å²) >= 11 is 0. The Kier molecular flexibility index (Phi) is 8.84. The third-order valence-corrected chi connectivity index (χ3v) is 4.27. The van der Waals surface area contributed by atoms with Gasteiger partial charge in [0.2, 0.25) is 0 Å². The predicted molar refractivity (Wildman–Crippen MR) is 98.9 cm³/mol. The summed E-state index contributed by atoms with van der Waals surface area (Å²) in [5.41, 5.74) is 1.26. The summed E-state index contributed by atoms with van der Waals surface area (Å²) in [6, 6.07) is 8.67. The molecule has 0 aliphatic carbocycles. The van der Waals surface area contributed by atoms with E-state index in [0.29, 0.717) is 12.6 Å². The molecule has 5 heteroatoms. The van der Waals surface area contributed by atoms with Crippen molar-refractivity contribution in [1.29, 1.82) is 0 Å². The van der Waals surface area contributed by atoms with Gasteiger partial charge in [-0.1, -0.05) is 26.0 Å². The summed E-state index contributed by atoms with van der Waals surface area (Å²) in [6.07, 6.45) is 1.01. The lowest BCUT2D eigenvalue weighted by Gasteiger charge is -2.27. The largest absolute Gasteiger partial charge is 0.491 e. The van der Waals surface area contributed by atoms with Gasteiger partial charge in [0.15, 0.2) is 8.32 Å². The number of hydrogen-bond acceptors (Lipinski definition) is 4. The Balaban J connectivity index is 2.51. The quantitative estimate of drug-likeness (QED) is 0.627. The molecule has 0 saturated heterocycles. The third-order valence-electron chi connectivity index (χ3n) is 3.23. The number of benzene rings is 1. The lowest BCUT2D eigenvalue weighted by molar-refractivity contribution is 0.119. The molecule has 0 heterocycles. The smallest absolute Gasteiger partial charge is 0.184 e. The highest BCUT2D eigenvalue weighted by atomic mass is 28.4. The molecule has 0 saturated carbocycles. The van der Waals surface area contributed by atoms with Crippen molar-refractivity contribution < 1.29 is 13.9 Å². The van der Waals surface area contributed by atoms with Crippen LogP contribution in [0.25, 0.3) is 0 Å². The maximum Gasteiger partial charge on any atom is 0.184 e. The van der Waals surface area contributed by atoms with Gasteiger partial charge in [-0.25, -0.2) is 0 Å². The van der Waals surface area contributed by atoms with Crippen molar-refractivity contribution in [2.75, 3.05) is 26.9 Å². The first kappa shape index (κ1) is 20.2. The van der Waals surface area contributed by atoms with E-state index in [-0.39, 0.29) is 6.10 Å². The number of methoxy groups -OCH3 is 1. The first-order chi connectivity index (χ1) is 10.8. The summed E-state index contributed by atoms with van der Waals surface area (Å²) in [5.74, 6) is 0.889. The zero-order valence-electron chi connectivity index (χ0n) is 15.5. The van der Waals surface area contributed by atoms with E-state index < -0.39 is 8.32 Å². The van der Waals surface area contributed by atoms with Gasteiger partial charge < -0.3 is 19.2 Å². The molecule has 0 radical (unpaired) electrons. The van der Waals surface area contributed by atoms with Crippen LogP contribution in [0.5, 0.6) is 5.75 Å². The molecule has 0 bridgehead atoms. The number of hydrogen-bond donors (Lipinski definition) is 1. The molecule has 1 rings (SSSR count). The molecular formula is C18H33NO3Si. The SMILES string of the molecule is COCCc1ccc(OCC(CNC(C)C)O[Si](C)(C)C)cc1. The Bertz CT molecular complexity index is 429. The molecule has 1 N–H and O–H groups in total. The Morgan fingerprint density at radius 3 is 2.26 bits per heavy atom. The van der Waals surface area contributed by atoms with Gasteiger partial charge >= 0.3 is 0 Å². The van der Waals surface area contributed by atoms with Crippen LogP contribution in [-0.4, -0.2) is 47.3 Å². The third kappa shape index (κ3) is 9.76. The van der Waals surface area contributed by atoms with Gasteiger partial charge in [0.1, 0.15) is 12.4 Å². The average molecular weight is 340 g/mol. The minimum absolute atomic E-state index is 0.0808. The van der Waals surface area contributed by atoms with Gasteiger partial charge in [-0.2, -0.15) is 0 Å². The topological polar surface area (TPSA) is 39.7 Å². The van der Waals surface area contributed by atoms with E-state index in [9.17, 15) is 0 Å². The highest BCUT2D eigenvalue weighted by Crippen LogP contribution is 2.14. The fourth-order valence-electron chi connectivity index (χ4n) is 2.16. The van der Waals surface area contributed by atoms with Crippen LogP contribution < -0.4 is 10.1 Å². The van der Waals surface area contributed by atoms with Crippen molar-refractivity contribution in [2.45, 2.75) is 52.1 Å². The average Bonchev–Trinajstić information content (AvgIpc) is 2.47. The minimum Gasteiger partial charge on any atom is -0.491 e. The van der Waals surface area contributed by atoms with Gasteiger partial charge in [0, 0.05) is 19.7 Å². The molecule has 4 nitrogen and oxygen atoms in total. The summed E-state index contributed by atoms with van der Waals surface area (Å²) in [6.45, 7) is 13.0. The zero-order valence-corrected chi connectivity index (χ0v) is 16.5. The highest BCUT2D eigenvalue weighted by molar-refractivity contribution is 6.69. The number of ether oxygens (including phenoxy) is 2. The summed E-state index contributed by atoms with van der Waals surface area (Å²) in [4.78, 5) is 0. The minimum atomic E-state index is -1.59. The van der Waals surface area contributed by atoms with E-state index in [0.717, 1.165) is 25.3 Å². The molecule has 1 atom stereocenters. The van der Waals surface area contributed by atoms with Crippen molar-refractivity contribution in [2.24, 2.45) is 0 Å². The van der Waals surface area contributed by atoms with Crippen molar-refractivity contribution in [3.8, 4) is 5.75 Å². The van der Waals surface area contributed by atoms with Crippen LogP contribution in [0.4, 0.5) is 0 Å². The van der Waals surface area contributed by atoms with E-state index in [1.54, 1.807) is 7.11 Å². The fourth-order valence-corrected chi connectivity index (χ4v) is 3.31. The molecule has 1 unspecified atom stereocenters. The summed E-state index contributed by atoms with van der Waals surface area (Å²) in [5, 5.41) is 3.44. The second-order valence-electron chi connectivity index (χ2n) is 7.11. The van der Waals surface area contributed by atoms with Crippen LogP contribution >= 0.6 is 0 Å². The maximum absolute atomic E-state index is 6.22. The van der Waals surface area contributed by atoms with Gasteiger partial charge in [0.25, 0.3) is 0 Å². The van der Waals surface area contributed by atoms with Crippen LogP contribution in [0, 0.1) is 0 Å². The number of rotatable bonds is 11. The van der Waals surface area contributed by atoms with Crippen molar-refractivity contribution in [3.63, 3.8) is 0 Å². The normalized spacial score (nSPS) is 13.3. The summed E-state index contributed by atoms with van der Waals surface area (Å²) < 4.78 is 17.3. The Morgan fingerprint density at radius 1 is 1.09 bits per heavy atom. The molecule has 0 fully saturated rings. The first-order valence-electron chi connectivity index (χ1n) is 8.42. The van der Waals surface area contributed by atoms with E-state index in [1.165, 1.54) is 5.56 Å². The van der Waals surface area contributed by atoms with Crippen LogP contribution in [0.15, 0.2) is 24.3 Å². The van der Waals surface area contributed by atoms with E-state index in [2.05, 4.69) is 50.9 Å². The molecule has 1 aromatic carbocycles. The maximum atomic E-state index is 6.22. The monoisotopic (exact) mass is 339 g/mol. The molecule has 1 aromatic rings. The molecule has 23 heavy (non-hydrogen) atoms. The molecule has 0 aromatic heterocycles. The van der Waals surface area contributed by atoms with Gasteiger partial charge in [0.05, 0.1) is 12.7 Å². The number of nitrogens with one attached hydrogen (secondary N) is 1. The van der Waals surface area contributed by atoms with E-state index >= 15 is 0 Å². The standard InChI is InChI=1S/C18H33NO3Si/c1-15(2)19-13-18(22-23(4,5)6)14-21-17-9-7-16(8-10-17)11-12-20-3/h7-10,15,18-19H,11-14H2,1-6H3. The van der Waals surface area contributed by atoms with Crippen LogP contribution in [0.3, 0.4) is 0 Å². The zero-order chi connectivity index (χ0) is 17.3. The lowest BCUT2D eigenvalue weighted by Crippen LogP contribution is -2.43. The second kappa shape index (κ2) is 10.1. The second-order valence-corrected chi connectivity index (χ2v) is 11.6. The molecule has 0 amide bonds. The van der Waals surface area contributed by atoms with Gasteiger partial charge in [-0.05, 0) is 43.8 Å². The van der Waals surface area contributed by atoms with Gasteiger partial charge in [-0.3, -0.25) is 0 Å². The predicted octanol–water partition coefficient (Wildman–Crippen LogP) is 3.47. The molecule has 0 aliphatic rings. The fraction of sp³-hybridized carbons (Fsp3) is 0.667. The van der Waals surface area contributed by atoms with Crippen molar-refractivity contribution in [3.05, 3.63) is 29.8 Å². The molecule has 0 spiro atoms. The van der Waals surface area contributed by atoms with Gasteiger partial charge in [-0.15, -0.1) is 0 Å². The van der Waals surface area contributed by atoms with Crippen LogP contribution in [0.1, 0.15) is 19.4 Å².